The number of hydrogen-bond donors (Lipinski definition) is 1. The van der Waals surface area contributed by atoms with Gasteiger partial charge >= 0.3 is 0 Å². The van der Waals surface area contributed by atoms with Gasteiger partial charge in [-0.15, -0.1) is 0 Å². The van der Waals surface area contributed by atoms with Gasteiger partial charge in [-0.1, -0.05) is 11.8 Å². The van der Waals surface area contributed by atoms with Gasteiger partial charge in [0.2, 0.25) is 0 Å². The predicted octanol–water partition coefficient (Wildman–Crippen LogP) is 1.87. The Labute approximate surface area is 89.0 Å². The monoisotopic (exact) mass is 212 g/mol. The van der Waals surface area contributed by atoms with Crippen molar-refractivity contribution in [3.8, 4) is 0 Å². The quantitative estimate of drug-likeness (QED) is 0.614. The van der Waals surface area contributed by atoms with Gasteiger partial charge in [-0.05, 0) is 33.3 Å². The molecule has 14 heavy (non-hydrogen) atoms. The summed E-state index contributed by atoms with van der Waals surface area (Å²) in [6.45, 7) is 7.75. The molecule has 1 N–H and O–H groups in total. The smallest absolute Gasteiger partial charge is 0.188 e. The third-order valence-electron chi connectivity index (χ3n) is 2.07. The summed E-state index contributed by atoms with van der Waals surface area (Å²) < 4.78 is 0. The zero-order valence-corrected chi connectivity index (χ0v) is 9.85. The number of aromatic nitrogens is 2. The molecule has 0 radical (unpaired) electrons. The second kappa shape index (κ2) is 4.75. The summed E-state index contributed by atoms with van der Waals surface area (Å²) in [5.74, 6) is 0.641. The van der Waals surface area contributed by atoms with Crippen LogP contribution in [0.1, 0.15) is 23.9 Å². The SMILES string of the molecule is Cc1nc(SC[C@@H](C)O)nc(C)c1C. The van der Waals surface area contributed by atoms with Crippen molar-refractivity contribution in [3.63, 3.8) is 0 Å². The first-order valence-corrected chi connectivity index (χ1v) is 5.62. The van der Waals surface area contributed by atoms with Gasteiger partial charge in [0.1, 0.15) is 0 Å². The second-order valence-electron chi connectivity index (χ2n) is 3.46. The molecule has 1 heterocycles. The van der Waals surface area contributed by atoms with Gasteiger partial charge in [0.05, 0.1) is 6.10 Å². The summed E-state index contributed by atoms with van der Waals surface area (Å²) >= 11 is 1.49. The fourth-order valence-electron chi connectivity index (χ4n) is 1.00. The predicted molar refractivity (Wildman–Crippen MR) is 58.6 cm³/mol. The lowest BCUT2D eigenvalue weighted by molar-refractivity contribution is 0.220. The van der Waals surface area contributed by atoms with Crippen LogP contribution in [0.3, 0.4) is 0 Å². The number of aliphatic hydroxyl groups is 1. The average Bonchev–Trinajstić information content (AvgIpc) is 2.10. The highest BCUT2D eigenvalue weighted by Crippen LogP contribution is 2.17. The summed E-state index contributed by atoms with van der Waals surface area (Å²) in [7, 11) is 0. The van der Waals surface area contributed by atoms with Crippen LogP contribution in [-0.4, -0.2) is 26.9 Å². The van der Waals surface area contributed by atoms with Gasteiger partial charge in [-0.2, -0.15) is 0 Å². The number of aryl methyl sites for hydroxylation is 2. The molecule has 1 atom stereocenters. The first-order chi connectivity index (χ1) is 6.50. The molecule has 0 aliphatic carbocycles. The molecule has 0 bridgehead atoms. The molecule has 0 aliphatic heterocycles. The van der Waals surface area contributed by atoms with Crippen molar-refractivity contribution >= 4 is 11.8 Å². The van der Waals surface area contributed by atoms with Gasteiger partial charge in [0, 0.05) is 17.1 Å². The second-order valence-corrected chi connectivity index (χ2v) is 4.45. The molecule has 1 aromatic rings. The first kappa shape index (κ1) is 11.5. The van der Waals surface area contributed by atoms with E-state index in [1.165, 1.54) is 11.8 Å². The zero-order valence-electron chi connectivity index (χ0n) is 9.03. The Morgan fingerprint density at radius 3 is 2.14 bits per heavy atom. The van der Waals surface area contributed by atoms with Crippen LogP contribution >= 0.6 is 11.8 Å². The van der Waals surface area contributed by atoms with Crippen LogP contribution < -0.4 is 0 Å². The number of thioether (sulfide) groups is 1. The van der Waals surface area contributed by atoms with E-state index in [4.69, 9.17) is 5.11 Å². The van der Waals surface area contributed by atoms with Gasteiger partial charge in [0.15, 0.2) is 5.16 Å². The first-order valence-electron chi connectivity index (χ1n) is 4.63. The van der Waals surface area contributed by atoms with E-state index >= 15 is 0 Å². The highest BCUT2D eigenvalue weighted by Gasteiger charge is 2.06. The summed E-state index contributed by atoms with van der Waals surface area (Å²) in [5.41, 5.74) is 3.18. The summed E-state index contributed by atoms with van der Waals surface area (Å²) in [6.07, 6.45) is -0.314. The van der Waals surface area contributed by atoms with E-state index in [-0.39, 0.29) is 6.10 Å². The van der Waals surface area contributed by atoms with Gasteiger partial charge in [-0.25, -0.2) is 9.97 Å². The van der Waals surface area contributed by atoms with Crippen molar-refractivity contribution in [3.05, 3.63) is 17.0 Å². The van der Waals surface area contributed by atoms with Crippen molar-refractivity contribution in [2.45, 2.75) is 39.0 Å². The Bertz CT molecular complexity index is 303. The molecular formula is C10H16N2OS. The molecule has 0 spiro atoms. The molecule has 4 heteroatoms. The Morgan fingerprint density at radius 1 is 1.21 bits per heavy atom. The van der Waals surface area contributed by atoms with Crippen LogP contribution in [-0.2, 0) is 0 Å². The minimum absolute atomic E-state index is 0.314. The number of hydrogen-bond acceptors (Lipinski definition) is 4. The lowest BCUT2D eigenvalue weighted by Crippen LogP contribution is -2.05. The van der Waals surface area contributed by atoms with E-state index in [2.05, 4.69) is 9.97 Å². The molecule has 0 amide bonds. The molecule has 0 unspecified atom stereocenters. The number of aliphatic hydroxyl groups excluding tert-OH is 1. The molecule has 78 valence electrons. The molecule has 3 nitrogen and oxygen atoms in total. The lowest BCUT2D eigenvalue weighted by atomic mass is 10.2. The van der Waals surface area contributed by atoms with E-state index in [1.807, 2.05) is 20.8 Å². The fraction of sp³-hybridized carbons (Fsp3) is 0.600. The average molecular weight is 212 g/mol. The van der Waals surface area contributed by atoms with E-state index < -0.39 is 0 Å². The summed E-state index contributed by atoms with van der Waals surface area (Å²) in [5, 5.41) is 9.89. The third-order valence-corrected chi connectivity index (χ3v) is 3.16. The highest BCUT2D eigenvalue weighted by atomic mass is 32.2. The van der Waals surface area contributed by atoms with Crippen molar-refractivity contribution < 1.29 is 5.11 Å². The van der Waals surface area contributed by atoms with Gasteiger partial charge in [0.25, 0.3) is 0 Å². The highest BCUT2D eigenvalue weighted by molar-refractivity contribution is 7.99. The van der Waals surface area contributed by atoms with Crippen LogP contribution in [0.2, 0.25) is 0 Å². The fourth-order valence-corrected chi connectivity index (χ4v) is 1.79. The van der Waals surface area contributed by atoms with Crippen molar-refractivity contribution in [1.29, 1.82) is 0 Å². The van der Waals surface area contributed by atoms with Crippen molar-refractivity contribution in [1.82, 2.24) is 9.97 Å². The summed E-state index contributed by atoms with van der Waals surface area (Å²) in [4.78, 5) is 8.69. The Hall–Kier alpha value is -0.610. The van der Waals surface area contributed by atoms with E-state index in [1.54, 1.807) is 6.92 Å². The van der Waals surface area contributed by atoms with Crippen LogP contribution in [0.4, 0.5) is 0 Å². The van der Waals surface area contributed by atoms with Crippen molar-refractivity contribution in [2.75, 3.05) is 5.75 Å². The third kappa shape index (κ3) is 2.96. The van der Waals surface area contributed by atoms with E-state index in [9.17, 15) is 0 Å². The van der Waals surface area contributed by atoms with Crippen LogP contribution in [0, 0.1) is 20.8 Å². The van der Waals surface area contributed by atoms with Gasteiger partial charge < -0.3 is 5.11 Å². The molecule has 0 saturated heterocycles. The molecular weight excluding hydrogens is 196 g/mol. The molecule has 1 aromatic heterocycles. The maximum atomic E-state index is 9.13. The minimum atomic E-state index is -0.314. The molecule has 0 fully saturated rings. The van der Waals surface area contributed by atoms with Gasteiger partial charge in [-0.3, -0.25) is 0 Å². The minimum Gasteiger partial charge on any atom is -0.393 e. The molecule has 0 aliphatic rings. The zero-order chi connectivity index (χ0) is 10.7. The standard InChI is InChI=1S/C10H16N2OS/c1-6(13)5-14-10-11-8(3)7(2)9(4)12-10/h6,13H,5H2,1-4H3/t6-/m1/s1. The molecule has 0 aromatic carbocycles. The Balaban J connectivity index is 2.79. The van der Waals surface area contributed by atoms with Crippen LogP contribution in [0.5, 0.6) is 0 Å². The molecule has 1 rings (SSSR count). The van der Waals surface area contributed by atoms with Crippen molar-refractivity contribution in [2.24, 2.45) is 0 Å². The molecule has 0 saturated carbocycles. The Kier molecular flexibility index (Phi) is 3.89. The Morgan fingerprint density at radius 2 is 1.71 bits per heavy atom. The lowest BCUT2D eigenvalue weighted by Gasteiger charge is -2.07. The topological polar surface area (TPSA) is 46.0 Å². The summed E-state index contributed by atoms with van der Waals surface area (Å²) in [6, 6.07) is 0. The van der Waals surface area contributed by atoms with Crippen LogP contribution in [0.15, 0.2) is 5.16 Å². The maximum absolute atomic E-state index is 9.13. The van der Waals surface area contributed by atoms with Crippen LogP contribution in [0.25, 0.3) is 0 Å². The van der Waals surface area contributed by atoms with E-state index in [0.717, 1.165) is 22.1 Å². The maximum Gasteiger partial charge on any atom is 0.188 e. The number of nitrogens with zero attached hydrogens (tertiary/aromatic N) is 2. The van der Waals surface area contributed by atoms with E-state index in [0.29, 0.717) is 5.75 Å². The normalized spacial score (nSPS) is 12.9. The largest absolute Gasteiger partial charge is 0.393 e. The number of rotatable bonds is 3.